The second-order valence-electron chi connectivity index (χ2n) is 4.54. The molecule has 2 heterocycles. The number of nitrogens with zero attached hydrogens (tertiary/aromatic N) is 1. The SMILES string of the molecule is O=C1COc2cc(Br)ccc2N1CC1CCCO1. The van der Waals surface area contributed by atoms with Crippen LogP contribution in [-0.4, -0.2) is 31.8 Å². The van der Waals surface area contributed by atoms with E-state index in [1.807, 2.05) is 18.2 Å². The average molecular weight is 312 g/mol. The van der Waals surface area contributed by atoms with E-state index < -0.39 is 0 Å². The molecule has 0 bridgehead atoms. The third-order valence-electron chi connectivity index (χ3n) is 3.28. The van der Waals surface area contributed by atoms with E-state index >= 15 is 0 Å². The summed E-state index contributed by atoms with van der Waals surface area (Å²) in [7, 11) is 0. The fourth-order valence-electron chi connectivity index (χ4n) is 2.37. The van der Waals surface area contributed by atoms with Gasteiger partial charge in [0.25, 0.3) is 5.91 Å². The third-order valence-corrected chi connectivity index (χ3v) is 3.77. The van der Waals surface area contributed by atoms with Crippen LogP contribution in [0.5, 0.6) is 5.75 Å². The minimum absolute atomic E-state index is 0.000299. The Morgan fingerprint density at radius 1 is 1.44 bits per heavy atom. The monoisotopic (exact) mass is 311 g/mol. The van der Waals surface area contributed by atoms with Crippen LogP contribution in [0, 0.1) is 0 Å². The van der Waals surface area contributed by atoms with Crippen molar-refractivity contribution >= 4 is 27.5 Å². The van der Waals surface area contributed by atoms with Gasteiger partial charge in [-0.3, -0.25) is 4.79 Å². The fraction of sp³-hybridized carbons (Fsp3) is 0.462. The first-order chi connectivity index (χ1) is 8.74. The normalized spacial score (nSPS) is 22.8. The molecule has 0 radical (unpaired) electrons. The van der Waals surface area contributed by atoms with E-state index in [0.29, 0.717) is 6.54 Å². The van der Waals surface area contributed by atoms with Crippen LogP contribution in [0.2, 0.25) is 0 Å². The summed E-state index contributed by atoms with van der Waals surface area (Å²) in [5, 5.41) is 0. The van der Waals surface area contributed by atoms with Gasteiger partial charge in [0.1, 0.15) is 5.75 Å². The van der Waals surface area contributed by atoms with Crippen LogP contribution >= 0.6 is 15.9 Å². The molecule has 2 aliphatic heterocycles. The predicted molar refractivity (Wildman–Crippen MR) is 71.0 cm³/mol. The molecule has 1 unspecified atom stereocenters. The van der Waals surface area contributed by atoms with E-state index in [-0.39, 0.29) is 18.6 Å². The number of ether oxygens (including phenoxy) is 2. The van der Waals surface area contributed by atoms with Gasteiger partial charge in [0, 0.05) is 11.1 Å². The summed E-state index contributed by atoms with van der Waals surface area (Å²) < 4.78 is 12.0. The first-order valence-corrected chi connectivity index (χ1v) is 6.87. The highest BCUT2D eigenvalue weighted by Crippen LogP contribution is 2.35. The van der Waals surface area contributed by atoms with Crippen molar-refractivity contribution in [3.05, 3.63) is 22.7 Å². The molecule has 0 aliphatic carbocycles. The number of hydrogen-bond acceptors (Lipinski definition) is 3. The van der Waals surface area contributed by atoms with Gasteiger partial charge in [-0.05, 0) is 31.0 Å². The van der Waals surface area contributed by atoms with Gasteiger partial charge in [-0.25, -0.2) is 0 Å². The molecule has 0 spiro atoms. The van der Waals surface area contributed by atoms with Crippen LogP contribution in [0.1, 0.15) is 12.8 Å². The second-order valence-corrected chi connectivity index (χ2v) is 5.46. The van der Waals surface area contributed by atoms with E-state index in [2.05, 4.69) is 15.9 Å². The molecule has 1 atom stereocenters. The predicted octanol–water partition coefficient (Wildman–Crippen LogP) is 2.35. The summed E-state index contributed by atoms with van der Waals surface area (Å²) >= 11 is 3.41. The number of halogens is 1. The summed E-state index contributed by atoms with van der Waals surface area (Å²) in [5.74, 6) is 0.752. The number of benzene rings is 1. The van der Waals surface area contributed by atoms with Crippen molar-refractivity contribution in [3.8, 4) is 5.75 Å². The first-order valence-electron chi connectivity index (χ1n) is 6.08. The minimum Gasteiger partial charge on any atom is -0.482 e. The smallest absolute Gasteiger partial charge is 0.265 e. The van der Waals surface area contributed by atoms with Crippen molar-refractivity contribution in [2.24, 2.45) is 0 Å². The number of carbonyl (C=O) groups excluding carboxylic acids is 1. The third kappa shape index (κ3) is 2.24. The lowest BCUT2D eigenvalue weighted by Gasteiger charge is -2.31. The molecule has 3 rings (SSSR count). The molecule has 0 N–H and O–H groups in total. The van der Waals surface area contributed by atoms with Crippen LogP contribution < -0.4 is 9.64 Å². The maximum absolute atomic E-state index is 12.0. The highest BCUT2D eigenvalue weighted by atomic mass is 79.9. The summed E-state index contributed by atoms with van der Waals surface area (Å²) in [6.45, 7) is 1.53. The van der Waals surface area contributed by atoms with Crippen molar-refractivity contribution in [2.45, 2.75) is 18.9 Å². The van der Waals surface area contributed by atoms with E-state index in [1.54, 1.807) is 4.90 Å². The van der Waals surface area contributed by atoms with Crippen LogP contribution in [0.4, 0.5) is 5.69 Å². The molecule has 1 aromatic rings. The quantitative estimate of drug-likeness (QED) is 0.841. The van der Waals surface area contributed by atoms with Gasteiger partial charge in [-0.15, -0.1) is 0 Å². The van der Waals surface area contributed by atoms with Crippen molar-refractivity contribution in [2.75, 3.05) is 24.7 Å². The minimum atomic E-state index is 0.000299. The number of rotatable bonds is 2. The van der Waals surface area contributed by atoms with E-state index in [0.717, 1.165) is 35.4 Å². The largest absolute Gasteiger partial charge is 0.482 e. The highest BCUT2D eigenvalue weighted by molar-refractivity contribution is 9.10. The maximum atomic E-state index is 12.0. The Morgan fingerprint density at radius 2 is 2.33 bits per heavy atom. The first kappa shape index (κ1) is 12.0. The van der Waals surface area contributed by atoms with Gasteiger partial charge < -0.3 is 14.4 Å². The van der Waals surface area contributed by atoms with Gasteiger partial charge in [0.05, 0.1) is 18.3 Å². The van der Waals surface area contributed by atoms with Crippen LogP contribution in [0.25, 0.3) is 0 Å². The van der Waals surface area contributed by atoms with Crippen LogP contribution in [0.15, 0.2) is 22.7 Å². The molecule has 1 amide bonds. The summed E-state index contributed by atoms with van der Waals surface area (Å²) in [6.07, 6.45) is 2.26. The Labute approximate surface area is 114 Å². The zero-order valence-corrected chi connectivity index (χ0v) is 11.5. The zero-order chi connectivity index (χ0) is 12.5. The topological polar surface area (TPSA) is 38.8 Å². The molecule has 1 aromatic carbocycles. The molecule has 0 saturated carbocycles. The Morgan fingerprint density at radius 3 is 3.11 bits per heavy atom. The molecule has 5 heteroatoms. The van der Waals surface area contributed by atoms with E-state index in [4.69, 9.17) is 9.47 Å². The molecule has 96 valence electrons. The molecular weight excluding hydrogens is 298 g/mol. The Kier molecular flexibility index (Phi) is 3.26. The fourth-order valence-corrected chi connectivity index (χ4v) is 2.71. The summed E-state index contributed by atoms with van der Waals surface area (Å²) in [5.41, 5.74) is 0.838. The number of anilines is 1. The van der Waals surface area contributed by atoms with Crippen molar-refractivity contribution in [1.82, 2.24) is 0 Å². The Bertz CT molecular complexity index is 471. The standard InChI is InChI=1S/C13H14BrNO3/c14-9-3-4-11-12(6-9)18-8-13(16)15(11)7-10-2-1-5-17-10/h3-4,6,10H,1-2,5,7-8H2. The lowest BCUT2D eigenvalue weighted by Crippen LogP contribution is -2.43. The highest BCUT2D eigenvalue weighted by Gasteiger charge is 2.29. The molecule has 18 heavy (non-hydrogen) atoms. The van der Waals surface area contributed by atoms with Crippen molar-refractivity contribution in [1.29, 1.82) is 0 Å². The number of carbonyl (C=O) groups is 1. The number of hydrogen-bond donors (Lipinski definition) is 0. The summed E-state index contributed by atoms with van der Waals surface area (Å²) in [6, 6.07) is 5.72. The molecule has 1 saturated heterocycles. The Balaban J connectivity index is 1.86. The number of fused-ring (bicyclic) bond motifs is 1. The van der Waals surface area contributed by atoms with E-state index in [1.165, 1.54) is 0 Å². The molecular formula is C13H14BrNO3. The van der Waals surface area contributed by atoms with Crippen LogP contribution in [0.3, 0.4) is 0 Å². The zero-order valence-electron chi connectivity index (χ0n) is 9.89. The van der Waals surface area contributed by atoms with E-state index in [9.17, 15) is 4.79 Å². The van der Waals surface area contributed by atoms with Crippen molar-refractivity contribution in [3.63, 3.8) is 0 Å². The molecule has 1 fully saturated rings. The molecule has 0 aromatic heterocycles. The van der Waals surface area contributed by atoms with Crippen LogP contribution in [-0.2, 0) is 9.53 Å². The molecule has 4 nitrogen and oxygen atoms in total. The van der Waals surface area contributed by atoms with Gasteiger partial charge >= 0.3 is 0 Å². The maximum Gasteiger partial charge on any atom is 0.265 e. The van der Waals surface area contributed by atoms with Crippen molar-refractivity contribution < 1.29 is 14.3 Å². The van der Waals surface area contributed by atoms with Gasteiger partial charge in [-0.1, -0.05) is 15.9 Å². The molecule has 2 aliphatic rings. The average Bonchev–Trinajstić information content (AvgIpc) is 2.86. The van der Waals surface area contributed by atoms with Gasteiger partial charge in [0.15, 0.2) is 6.61 Å². The second kappa shape index (κ2) is 4.90. The van der Waals surface area contributed by atoms with Gasteiger partial charge in [-0.2, -0.15) is 0 Å². The lowest BCUT2D eigenvalue weighted by atomic mass is 10.2. The summed E-state index contributed by atoms with van der Waals surface area (Å²) in [4.78, 5) is 13.7. The van der Waals surface area contributed by atoms with Gasteiger partial charge in [0.2, 0.25) is 0 Å². The lowest BCUT2D eigenvalue weighted by molar-refractivity contribution is -0.121. The number of amides is 1. The Hall–Kier alpha value is -1.07.